The lowest BCUT2D eigenvalue weighted by atomic mass is 10.1. The summed E-state index contributed by atoms with van der Waals surface area (Å²) in [5.74, 6) is -1.11. The number of rotatable bonds is 4. The fourth-order valence-electron chi connectivity index (χ4n) is 1.95. The normalized spacial score (nSPS) is 23.5. The molecule has 17 heavy (non-hydrogen) atoms. The number of nitrogens with one attached hydrogen (secondary N) is 1. The van der Waals surface area contributed by atoms with Crippen molar-refractivity contribution >= 4 is 0 Å². The summed E-state index contributed by atoms with van der Waals surface area (Å²) in [5.41, 5.74) is 0.260. The van der Waals surface area contributed by atoms with Crippen LogP contribution in [0.2, 0.25) is 0 Å². The van der Waals surface area contributed by atoms with E-state index in [9.17, 15) is 13.9 Å². The Morgan fingerprint density at radius 2 is 2.12 bits per heavy atom. The maximum Gasteiger partial charge on any atom is 0.129 e. The van der Waals surface area contributed by atoms with Gasteiger partial charge < -0.3 is 10.4 Å². The van der Waals surface area contributed by atoms with Gasteiger partial charge >= 0.3 is 0 Å². The van der Waals surface area contributed by atoms with Crippen LogP contribution in [0.1, 0.15) is 31.9 Å². The molecule has 94 valence electrons. The van der Waals surface area contributed by atoms with Gasteiger partial charge in [0.15, 0.2) is 0 Å². The Morgan fingerprint density at radius 1 is 1.47 bits per heavy atom. The Morgan fingerprint density at radius 3 is 2.71 bits per heavy atom. The van der Waals surface area contributed by atoms with Crippen molar-refractivity contribution in [2.45, 2.75) is 32.4 Å². The summed E-state index contributed by atoms with van der Waals surface area (Å²) in [6.07, 6.45) is 0.0350. The standard InChI is InChI=1S/C13H17F2NO/c1-13(2)6-12(13)16-7-11(17)9-5-8(14)3-4-10(9)15/h3-5,11-12,16-17H,6-7H2,1-2H3. The zero-order valence-corrected chi connectivity index (χ0v) is 10.0. The van der Waals surface area contributed by atoms with E-state index in [2.05, 4.69) is 19.2 Å². The molecule has 0 radical (unpaired) electrons. The Bertz CT molecular complexity index is 420. The van der Waals surface area contributed by atoms with Crippen molar-refractivity contribution in [2.24, 2.45) is 5.41 Å². The molecule has 2 nitrogen and oxygen atoms in total. The van der Waals surface area contributed by atoms with Gasteiger partial charge in [-0.3, -0.25) is 0 Å². The summed E-state index contributed by atoms with van der Waals surface area (Å²) >= 11 is 0. The zero-order valence-electron chi connectivity index (χ0n) is 10.0. The van der Waals surface area contributed by atoms with Gasteiger partial charge in [-0.1, -0.05) is 13.8 Å². The van der Waals surface area contributed by atoms with E-state index in [-0.39, 0.29) is 17.5 Å². The largest absolute Gasteiger partial charge is 0.387 e. The molecule has 0 heterocycles. The molecule has 2 rings (SSSR count). The van der Waals surface area contributed by atoms with Gasteiger partial charge in [0.1, 0.15) is 11.6 Å². The summed E-state index contributed by atoms with van der Waals surface area (Å²) in [4.78, 5) is 0. The number of benzene rings is 1. The summed E-state index contributed by atoms with van der Waals surface area (Å²) < 4.78 is 26.3. The lowest BCUT2D eigenvalue weighted by Crippen LogP contribution is -2.26. The van der Waals surface area contributed by atoms with Crippen LogP contribution in [0.15, 0.2) is 18.2 Å². The molecule has 0 aliphatic heterocycles. The minimum Gasteiger partial charge on any atom is -0.387 e. The molecule has 2 unspecified atom stereocenters. The number of aliphatic hydroxyl groups excluding tert-OH is 1. The van der Waals surface area contributed by atoms with Crippen LogP contribution in [-0.2, 0) is 0 Å². The highest BCUT2D eigenvalue weighted by Gasteiger charge is 2.45. The quantitative estimate of drug-likeness (QED) is 0.848. The molecule has 2 atom stereocenters. The molecule has 1 saturated carbocycles. The Hall–Kier alpha value is -1.00. The van der Waals surface area contributed by atoms with Gasteiger partial charge in [0.05, 0.1) is 6.10 Å². The Kier molecular flexibility index (Phi) is 3.19. The van der Waals surface area contributed by atoms with Crippen molar-refractivity contribution in [1.29, 1.82) is 0 Å². The number of hydrogen-bond donors (Lipinski definition) is 2. The van der Waals surface area contributed by atoms with Crippen LogP contribution < -0.4 is 5.32 Å². The highest BCUT2D eigenvalue weighted by atomic mass is 19.1. The van der Waals surface area contributed by atoms with E-state index in [0.29, 0.717) is 6.04 Å². The highest BCUT2D eigenvalue weighted by Crippen LogP contribution is 2.44. The fraction of sp³-hybridized carbons (Fsp3) is 0.538. The highest BCUT2D eigenvalue weighted by molar-refractivity contribution is 5.21. The van der Waals surface area contributed by atoms with E-state index in [1.807, 2.05) is 0 Å². The molecule has 0 bridgehead atoms. The van der Waals surface area contributed by atoms with Crippen LogP contribution in [0.3, 0.4) is 0 Å². The Balaban J connectivity index is 1.95. The molecule has 0 saturated heterocycles. The van der Waals surface area contributed by atoms with E-state index in [0.717, 1.165) is 24.6 Å². The minimum absolute atomic E-state index is 0.0101. The lowest BCUT2D eigenvalue weighted by molar-refractivity contribution is 0.167. The van der Waals surface area contributed by atoms with Crippen LogP contribution in [0, 0.1) is 17.0 Å². The van der Waals surface area contributed by atoms with E-state index in [4.69, 9.17) is 0 Å². The predicted molar refractivity (Wildman–Crippen MR) is 61.5 cm³/mol. The molecule has 4 heteroatoms. The summed E-state index contributed by atoms with van der Waals surface area (Å²) in [6.45, 7) is 4.49. The molecule has 1 aliphatic rings. The summed E-state index contributed by atoms with van der Waals surface area (Å²) in [7, 11) is 0. The van der Waals surface area contributed by atoms with Gasteiger partial charge in [0, 0.05) is 18.2 Å². The van der Waals surface area contributed by atoms with Crippen LogP contribution in [0.5, 0.6) is 0 Å². The van der Waals surface area contributed by atoms with Crippen molar-refractivity contribution in [3.8, 4) is 0 Å². The van der Waals surface area contributed by atoms with Crippen molar-refractivity contribution in [2.75, 3.05) is 6.54 Å². The van der Waals surface area contributed by atoms with E-state index in [1.165, 1.54) is 0 Å². The maximum absolute atomic E-state index is 13.4. The first kappa shape index (κ1) is 12.5. The SMILES string of the molecule is CC1(C)CC1NCC(O)c1cc(F)ccc1F. The van der Waals surface area contributed by atoms with E-state index < -0.39 is 17.7 Å². The molecule has 1 aliphatic carbocycles. The zero-order chi connectivity index (χ0) is 12.6. The minimum atomic E-state index is -1.01. The van der Waals surface area contributed by atoms with Gasteiger partial charge in [-0.15, -0.1) is 0 Å². The second kappa shape index (κ2) is 4.35. The molecule has 0 aromatic heterocycles. The van der Waals surface area contributed by atoms with Gasteiger partial charge in [-0.2, -0.15) is 0 Å². The number of hydrogen-bond acceptors (Lipinski definition) is 2. The molecule has 2 N–H and O–H groups in total. The second-order valence-electron chi connectivity index (χ2n) is 5.34. The van der Waals surface area contributed by atoms with Crippen LogP contribution >= 0.6 is 0 Å². The van der Waals surface area contributed by atoms with Gasteiger partial charge in [0.25, 0.3) is 0 Å². The second-order valence-corrected chi connectivity index (χ2v) is 5.34. The first-order chi connectivity index (χ1) is 7.90. The average Bonchev–Trinajstić information content (AvgIpc) is 2.87. The number of aliphatic hydroxyl groups is 1. The van der Waals surface area contributed by atoms with Crippen LogP contribution in [0.25, 0.3) is 0 Å². The number of halogens is 2. The Labute approximate surface area is 99.7 Å². The average molecular weight is 241 g/mol. The molecule has 1 fully saturated rings. The van der Waals surface area contributed by atoms with Crippen LogP contribution in [-0.4, -0.2) is 17.7 Å². The summed E-state index contributed by atoms with van der Waals surface area (Å²) in [5, 5.41) is 13.0. The van der Waals surface area contributed by atoms with Crippen molar-refractivity contribution in [3.05, 3.63) is 35.4 Å². The van der Waals surface area contributed by atoms with Crippen molar-refractivity contribution < 1.29 is 13.9 Å². The monoisotopic (exact) mass is 241 g/mol. The van der Waals surface area contributed by atoms with Crippen molar-refractivity contribution in [1.82, 2.24) is 5.32 Å². The molecule has 0 spiro atoms. The third kappa shape index (κ3) is 2.82. The smallest absolute Gasteiger partial charge is 0.129 e. The molecular formula is C13H17F2NO. The van der Waals surface area contributed by atoms with Gasteiger partial charge in [-0.25, -0.2) is 8.78 Å². The first-order valence-corrected chi connectivity index (χ1v) is 5.76. The van der Waals surface area contributed by atoms with Gasteiger partial charge in [0.2, 0.25) is 0 Å². The lowest BCUT2D eigenvalue weighted by Gasteiger charge is -2.14. The first-order valence-electron chi connectivity index (χ1n) is 5.76. The third-order valence-corrected chi connectivity index (χ3v) is 3.39. The maximum atomic E-state index is 13.4. The van der Waals surface area contributed by atoms with Crippen molar-refractivity contribution in [3.63, 3.8) is 0 Å². The summed E-state index contributed by atoms with van der Waals surface area (Å²) in [6, 6.07) is 3.48. The molecular weight excluding hydrogens is 224 g/mol. The third-order valence-electron chi connectivity index (χ3n) is 3.39. The molecule has 1 aromatic carbocycles. The molecule has 0 amide bonds. The topological polar surface area (TPSA) is 32.3 Å². The van der Waals surface area contributed by atoms with E-state index in [1.54, 1.807) is 0 Å². The van der Waals surface area contributed by atoms with Crippen LogP contribution in [0.4, 0.5) is 8.78 Å². The predicted octanol–water partition coefficient (Wildman–Crippen LogP) is 2.39. The van der Waals surface area contributed by atoms with E-state index >= 15 is 0 Å². The fourth-order valence-corrected chi connectivity index (χ4v) is 1.95. The molecule has 1 aromatic rings. The van der Waals surface area contributed by atoms with Gasteiger partial charge in [-0.05, 0) is 30.0 Å².